The second-order valence-electron chi connectivity index (χ2n) is 5.02. The SMILES string of the molecule is CCCNC(C)c1ccc(OC(C)C(=O)NCC)c(Cl)c1. The lowest BCUT2D eigenvalue weighted by atomic mass is 10.1. The molecular weight excluding hydrogens is 288 g/mol. The molecule has 0 aliphatic heterocycles. The van der Waals surface area contributed by atoms with Crippen molar-refractivity contribution in [3.8, 4) is 5.75 Å². The molecule has 1 aromatic carbocycles. The van der Waals surface area contributed by atoms with Gasteiger partial charge < -0.3 is 15.4 Å². The zero-order chi connectivity index (χ0) is 15.8. The Morgan fingerprint density at radius 3 is 2.62 bits per heavy atom. The third-order valence-corrected chi connectivity index (χ3v) is 3.48. The molecule has 2 unspecified atom stereocenters. The standard InChI is InChI=1S/C16H25ClN2O2/c1-5-9-19-11(3)13-7-8-15(14(17)10-13)21-12(4)16(20)18-6-2/h7-8,10-12,19H,5-6,9H2,1-4H3,(H,18,20). The van der Waals surface area contributed by atoms with E-state index in [2.05, 4.69) is 24.5 Å². The molecule has 2 atom stereocenters. The van der Waals surface area contributed by atoms with E-state index < -0.39 is 6.10 Å². The van der Waals surface area contributed by atoms with E-state index in [1.165, 1.54) is 0 Å². The molecule has 0 aliphatic carbocycles. The van der Waals surface area contributed by atoms with Crippen molar-refractivity contribution in [2.75, 3.05) is 13.1 Å². The molecule has 0 saturated carbocycles. The summed E-state index contributed by atoms with van der Waals surface area (Å²) in [7, 11) is 0. The molecule has 1 rings (SSSR count). The van der Waals surface area contributed by atoms with Gasteiger partial charge in [0.2, 0.25) is 0 Å². The van der Waals surface area contributed by atoms with Crippen molar-refractivity contribution in [1.29, 1.82) is 0 Å². The summed E-state index contributed by atoms with van der Waals surface area (Å²) in [6.07, 6.45) is 0.521. The van der Waals surface area contributed by atoms with Gasteiger partial charge in [0.05, 0.1) is 5.02 Å². The summed E-state index contributed by atoms with van der Waals surface area (Å²) in [5.74, 6) is 0.387. The largest absolute Gasteiger partial charge is 0.479 e. The number of rotatable bonds is 8. The van der Waals surface area contributed by atoms with Crippen LogP contribution in [0.15, 0.2) is 18.2 Å². The molecule has 1 amide bonds. The minimum absolute atomic E-state index is 0.143. The second-order valence-corrected chi connectivity index (χ2v) is 5.43. The fourth-order valence-electron chi connectivity index (χ4n) is 1.92. The molecule has 0 radical (unpaired) electrons. The lowest BCUT2D eigenvalue weighted by Gasteiger charge is -2.18. The van der Waals surface area contributed by atoms with E-state index in [-0.39, 0.29) is 11.9 Å². The van der Waals surface area contributed by atoms with Crippen LogP contribution in [0.2, 0.25) is 5.02 Å². The van der Waals surface area contributed by atoms with E-state index in [9.17, 15) is 4.79 Å². The Bertz CT molecular complexity index is 466. The average Bonchev–Trinajstić information content (AvgIpc) is 2.46. The van der Waals surface area contributed by atoms with Gasteiger partial charge in [-0.3, -0.25) is 4.79 Å². The fraction of sp³-hybridized carbons (Fsp3) is 0.562. The zero-order valence-electron chi connectivity index (χ0n) is 13.2. The van der Waals surface area contributed by atoms with Crippen LogP contribution >= 0.6 is 11.6 Å². The maximum Gasteiger partial charge on any atom is 0.260 e. The van der Waals surface area contributed by atoms with Crippen LogP contribution in [0, 0.1) is 0 Å². The molecule has 4 nitrogen and oxygen atoms in total. The number of ether oxygens (including phenoxy) is 1. The first-order valence-electron chi connectivity index (χ1n) is 7.46. The molecule has 21 heavy (non-hydrogen) atoms. The maximum atomic E-state index is 11.7. The number of hydrogen-bond donors (Lipinski definition) is 2. The smallest absolute Gasteiger partial charge is 0.260 e. The van der Waals surface area contributed by atoms with E-state index in [0.29, 0.717) is 17.3 Å². The number of nitrogens with one attached hydrogen (secondary N) is 2. The Morgan fingerprint density at radius 2 is 2.05 bits per heavy atom. The zero-order valence-corrected chi connectivity index (χ0v) is 14.0. The lowest BCUT2D eigenvalue weighted by Crippen LogP contribution is -2.36. The van der Waals surface area contributed by atoms with Crippen LogP contribution in [0.4, 0.5) is 0 Å². The van der Waals surface area contributed by atoms with Crippen molar-refractivity contribution in [3.63, 3.8) is 0 Å². The Kier molecular flexibility index (Phi) is 7.54. The molecular formula is C16H25ClN2O2. The van der Waals surface area contributed by atoms with Crippen LogP contribution in [0.25, 0.3) is 0 Å². The number of halogens is 1. The van der Waals surface area contributed by atoms with Crippen molar-refractivity contribution in [3.05, 3.63) is 28.8 Å². The highest BCUT2D eigenvalue weighted by Gasteiger charge is 2.16. The minimum Gasteiger partial charge on any atom is -0.479 e. The summed E-state index contributed by atoms with van der Waals surface area (Å²) in [5, 5.41) is 6.65. The van der Waals surface area contributed by atoms with E-state index >= 15 is 0 Å². The number of benzene rings is 1. The number of amides is 1. The van der Waals surface area contributed by atoms with E-state index in [0.717, 1.165) is 18.5 Å². The van der Waals surface area contributed by atoms with Crippen LogP contribution in [-0.2, 0) is 4.79 Å². The predicted octanol–water partition coefficient (Wildman–Crippen LogP) is 3.30. The van der Waals surface area contributed by atoms with E-state index in [1.807, 2.05) is 25.1 Å². The highest BCUT2D eigenvalue weighted by Crippen LogP contribution is 2.28. The van der Waals surface area contributed by atoms with Crippen LogP contribution < -0.4 is 15.4 Å². The summed E-state index contributed by atoms with van der Waals surface area (Å²) in [6, 6.07) is 5.91. The molecule has 0 saturated heterocycles. The normalized spacial score (nSPS) is 13.6. The van der Waals surface area contributed by atoms with Gasteiger partial charge in [0.25, 0.3) is 5.91 Å². The summed E-state index contributed by atoms with van der Waals surface area (Å²) in [5.41, 5.74) is 1.10. The highest BCUT2D eigenvalue weighted by molar-refractivity contribution is 6.32. The van der Waals surface area contributed by atoms with Gasteiger partial charge in [-0.05, 0) is 51.4 Å². The van der Waals surface area contributed by atoms with Crippen LogP contribution in [0.1, 0.15) is 45.7 Å². The number of likely N-dealkylation sites (N-methyl/N-ethyl adjacent to an activating group) is 1. The van der Waals surface area contributed by atoms with Crippen molar-refractivity contribution >= 4 is 17.5 Å². The van der Waals surface area contributed by atoms with Crippen LogP contribution in [-0.4, -0.2) is 25.1 Å². The quantitative estimate of drug-likeness (QED) is 0.774. The molecule has 0 fully saturated rings. The molecule has 0 bridgehead atoms. The lowest BCUT2D eigenvalue weighted by molar-refractivity contribution is -0.127. The third-order valence-electron chi connectivity index (χ3n) is 3.18. The summed E-state index contributed by atoms with van der Waals surface area (Å²) >= 11 is 6.25. The van der Waals surface area contributed by atoms with Crippen LogP contribution in [0.3, 0.4) is 0 Å². The van der Waals surface area contributed by atoms with Gasteiger partial charge in [0, 0.05) is 12.6 Å². The van der Waals surface area contributed by atoms with Gasteiger partial charge in [-0.15, -0.1) is 0 Å². The molecule has 0 aliphatic rings. The van der Waals surface area contributed by atoms with Gasteiger partial charge in [0.15, 0.2) is 6.10 Å². The molecule has 0 heterocycles. The van der Waals surface area contributed by atoms with Gasteiger partial charge in [-0.2, -0.15) is 0 Å². The Labute approximate surface area is 132 Å². The van der Waals surface area contributed by atoms with E-state index in [1.54, 1.807) is 6.92 Å². The molecule has 1 aromatic rings. The van der Waals surface area contributed by atoms with Crippen molar-refractivity contribution in [1.82, 2.24) is 10.6 Å². The maximum absolute atomic E-state index is 11.7. The second kappa shape index (κ2) is 8.90. The van der Waals surface area contributed by atoms with E-state index in [4.69, 9.17) is 16.3 Å². The first kappa shape index (κ1) is 17.8. The Hall–Kier alpha value is -1.26. The molecule has 2 N–H and O–H groups in total. The topological polar surface area (TPSA) is 50.4 Å². The van der Waals surface area contributed by atoms with Crippen molar-refractivity contribution in [2.24, 2.45) is 0 Å². The van der Waals surface area contributed by atoms with Crippen LogP contribution in [0.5, 0.6) is 5.75 Å². The molecule has 0 spiro atoms. The number of carbonyl (C=O) groups is 1. The van der Waals surface area contributed by atoms with Crippen molar-refractivity contribution in [2.45, 2.75) is 46.3 Å². The number of hydrogen-bond acceptors (Lipinski definition) is 3. The van der Waals surface area contributed by atoms with Crippen molar-refractivity contribution < 1.29 is 9.53 Å². The monoisotopic (exact) mass is 312 g/mol. The summed E-state index contributed by atoms with van der Waals surface area (Å²) < 4.78 is 5.61. The summed E-state index contributed by atoms with van der Waals surface area (Å²) in [6.45, 7) is 9.36. The molecule has 0 aromatic heterocycles. The fourth-order valence-corrected chi connectivity index (χ4v) is 2.16. The van der Waals surface area contributed by atoms with Gasteiger partial charge in [-0.1, -0.05) is 24.6 Å². The Balaban J connectivity index is 2.72. The third kappa shape index (κ3) is 5.56. The first-order chi connectivity index (χ1) is 9.99. The minimum atomic E-state index is -0.566. The predicted molar refractivity (Wildman–Crippen MR) is 86.9 cm³/mol. The average molecular weight is 313 g/mol. The summed E-state index contributed by atoms with van der Waals surface area (Å²) in [4.78, 5) is 11.7. The van der Waals surface area contributed by atoms with Gasteiger partial charge in [0.1, 0.15) is 5.75 Å². The highest BCUT2D eigenvalue weighted by atomic mass is 35.5. The molecule has 5 heteroatoms. The van der Waals surface area contributed by atoms with Gasteiger partial charge >= 0.3 is 0 Å². The van der Waals surface area contributed by atoms with Gasteiger partial charge in [-0.25, -0.2) is 0 Å². The molecule has 118 valence electrons. The first-order valence-corrected chi connectivity index (χ1v) is 7.84. The Morgan fingerprint density at radius 1 is 1.33 bits per heavy atom. The number of carbonyl (C=O) groups excluding carboxylic acids is 1.